The van der Waals surface area contributed by atoms with E-state index in [9.17, 15) is 10.2 Å². The van der Waals surface area contributed by atoms with Crippen LogP contribution in [0, 0.1) is 0 Å². The Kier molecular flexibility index (Phi) is 12.6. The maximum atomic E-state index is 9.98. The zero-order chi connectivity index (χ0) is 18.4. The molecule has 0 aromatic heterocycles. The fourth-order valence-corrected chi connectivity index (χ4v) is 2.30. The fraction of sp³-hybridized carbons (Fsp3) is 0.684. The summed E-state index contributed by atoms with van der Waals surface area (Å²) in [6.45, 7) is 5.18. The topological polar surface area (TPSA) is 90.2 Å². The molecule has 0 aliphatic heterocycles. The summed E-state index contributed by atoms with van der Waals surface area (Å²) < 4.78 is 4.97. The van der Waals surface area contributed by atoms with Gasteiger partial charge in [0.25, 0.3) is 0 Å². The number of ether oxygens (including phenoxy) is 1. The lowest BCUT2D eigenvalue weighted by Gasteiger charge is -2.31. The highest BCUT2D eigenvalue weighted by Crippen LogP contribution is 2.23. The molecule has 1 rings (SSSR count). The molecule has 140 valence electrons. The molecule has 24 heavy (non-hydrogen) atoms. The zero-order valence-electron chi connectivity index (χ0n) is 15.2. The van der Waals surface area contributed by atoms with Crippen molar-refractivity contribution < 1.29 is 25.2 Å². The molecule has 1 aromatic rings. The maximum absolute atomic E-state index is 9.98. The second-order valence-corrected chi connectivity index (χ2v) is 6.00. The van der Waals surface area contributed by atoms with E-state index in [0.29, 0.717) is 18.6 Å². The summed E-state index contributed by atoms with van der Waals surface area (Å²) in [5.41, 5.74) is -1.09. The molecule has 3 atom stereocenters. The Balaban J connectivity index is 0.000000463. The quantitative estimate of drug-likeness (QED) is 0.388. The molecule has 0 saturated carbocycles. The van der Waals surface area contributed by atoms with Crippen LogP contribution in [-0.4, -0.2) is 45.0 Å². The molecular formula is C19H34O5. The highest BCUT2D eigenvalue weighted by molar-refractivity contribution is 5.20. The van der Waals surface area contributed by atoms with Gasteiger partial charge in [0.2, 0.25) is 0 Å². The predicted molar refractivity (Wildman–Crippen MR) is 95.8 cm³/mol. The van der Waals surface area contributed by atoms with Gasteiger partial charge in [-0.1, -0.05) is 57.7 Å². The summed E-state index contributed by atoms with van der Waals surface area (Å²) >= 11 is 0. The molecule has 0 aliphatic rings. The molecule has 0 saturated heterocycles. The van der Waals surface area contributed by atoms with E-state index in [1.807, 2.05) is 25.1 Å². The second-order valence-electron chi connectivity index (χ2n) is 6.00. The van der Waals surface area contributed by atoms with E-state index < -0.39 is 18.0 Å². The smallest absolute Gasteiger partial charge is 0.194 e. The van der Waals surface area contributed by atoms with Gasteiger partial charge < -0.3 is 25.2 Å². The summed E-state index contributed by atoms with van der Waals surface area (Å²) in [6.07, 6.45) is 3.64. The highest BCUT2D eigenvalue weighted by Gasteiger charge is 2.32. The second kappa shape index (κ2) is 13.2. The molecule has 0 radical (unpaired) electrons. The van der Waals surface area contributed by atoms with Gasteiger partial charge in [-0.2, -0.15) is 0 Å². The van der Waals surface area contributed by atoms with Gasteiger partial charge in [-0.25, -0.2) is 0 Å². The van der Waals surface area contributed by atoms with Crippen LogP contribution < -0.4 is 4.74 Å². The van der Waals surface area contributed by atoms with Crippen molar-refractivity contribution in [3.05, 3.63) is 30.3 Å². The number of unbranched alkanes of at least 4 members (excludes halogenated alkanes) is 3. The van der Waals surface area contributed by atoms with Crippen molar-refractivity contribution in [2.45, 2.75) is 77.3 Å². The first-order valence-electron chi connectivity index (χ1n) is 8.80. The van der Waals surface area contributed by atoms with E-state index in [0.717, 1.165) is 25.7 Å². The molecule has 3 unspecified atom stereocenters. The van der Waals surface area contributed by atoms with E-state index in [4.69, 9.17) is 14.9 Å². The Morgan fingerprint density at radius 2 is 1.67 bits per heavy atom. The Bertz CT molecular complexity index is 396. The third-order valence-corrected chi connectivity index (χ3v) is 3.92. The maximum Gasteiger partial charge on any atom is 0.194 e. The lowest BCUT2D eigenvalue weighted by atomic mass is 9.88. The molecule has 0 spiro atoms. The molecule has 4 N–H and O–H groups in total. The van der Waals surface area contributed by atoms with Gasteiger partial charge in [-0.05, 0) is 31.9 Å². The van der Waals surface area contributed by atoms with Crippen LogP contribution >= 0.6 is 0 Å². The fourth-order valence-electron chi connectivity index (χ4n) is 2.30. The van der Waals surface area contributed by atoms with Crippen LogP contribution in [0.4, 0.5) is 0 Å². The molecule has 0 heterocycles. The minimum absolute atomic E-state index is 0.363. The molecule has 0 aliphatic carbocycles. The molecule has 5 heteroatoms. The minimum Gasteiger partial charge on any atom is -0.465 e. The summed E-state index contributed by atoms with van der Waals surface area (Å²) in [5, 5.41) is 37.0. The molecule has 0 bridgehead atoms. The van der Waals surface area contributed by atoms with Crippen molar-refractivity contribution in [3.8, 4) is 5.75 Å². The lowest BCUT2D eigenvalue weighted by molar-refractivity contribution is -0.102. The Labute approximate surface area is 145 Å². The molecular weight excluding hydrogens is 308 g/mol. The standard InChI is InChI=1S/C11H24O3.C8H10O2/c1-3-5-6-7-8-11(14,4-2)10(13)9-12;1-7(9)10-8-5-3-2-4-6-8/h10,12-14H,3-9H2,1-2H3;2-7,9H,1H3. The van der Waals surface area contributed by atoms with Crippen molar-refractivity contribution in [3.63, 3.8) is 0 Å². The van der Waals surface area contributed by atoms with Gasteiger partial charge in [0.1, 0.15) is 11.9 Å². The molecule has 0 fully saturated rings. The van der Waals surface area contributed by atoms with Crippen LogP contribution in [0.1, 0.15) is 59.3 Å². The largest absolute Gasteiger partial charge is 0.465 e. The molecule has 1 aromatic carbocycles. The average molecular weight is 342 g/mol. The lowest BCUT2D eigenvalue weighted by Crippen LogP contribution is -2.43. The van der Waals surface area contributed by atoms with Crippen molar-refractivity contribution in [2.75, 3.05) is 6.61 Å². The number of para-hydroxylation sites is 1. The SMILES string of the molecule is CC(O)Oc1ccccc1.CCCCCCC(O)(CC)C(O)CO. The van der Waals surface area contributed by atoms with E-state index in [1.54, 1.807) is 19.1 Å². The van der Waals surface area contributed by atoms with Gasteiger partial charge in [-0.15, -0.1) is 0 Å². The summed E-state index contributed by atoms with van der Waals surface area (Å²) in [6, 6.07) is 9.21. The minimum atomic E-state index is -1.09. The van der Waals surface area contributed by atoms with Crippen LogP contribution in [0.2, 0.25) is 0 Å². The normalized spacial score (nSPS) is 15.6. The summed E-state index contributed by atoms with van der Waals surface area (Å²) in [7, 11) is 0. The van der Waals surface area contributed by atoms with Crippen LogP contribution in [0.25, 0.3) is 0 Å². The molecule has 5 nitrogen and oxygen atoms in total. The Morgan fingerprint density at radius 3 is 2.12 bits per heavy atom. The van der Waals surface area contributed by atoms with E-state index in [1.165, 1.54) is 0 Å². The zero-order valence-corrected chi connectivity index (χ0v) is 15.2. The first kappa shape index (κ1) is 22.9. The first-order chi connectivity index (χ1) is 11.4. The van der Waals surface area contributed by atoms with Crippen molar-refractivity contribution in [2.24, 2.45) is 0 Å². The third-order valence-electron chi connectivity index (χ3n) is 3.92. The van der Waals surface area contributed by atoms with Gasteiger partial charge >= 0.3 is 0 Å². The average Bonchev–Trinajstić information content (AvgIpc) is 2.58. The van der Waals surface area contributed by atoms with Crippen molar-refractivity contribution in [1.29, 1.82) is 0 Å². The Hall–Kier alpha value is -1.14. The first-order valence-corrected chi connectivity index (χ1v) is 8.80. The predicted octanol–water partition coefficient (Wildman–Crippen LogP) is 2.85. The van der Waals surface area contributed by atoms with Gasteiger partial charge in [0.05, 0.1) is 12.2 Å². The van der Waals surface area contributed by atoms with Crippen LogP contribution in [-0.2, 0) is 0 Å². The summed E-state index contributed by atoms with van der Waals surface area (Å²) in [4.78, 5) is 0. The highest BCUT2D eigenvalue weighted by atomic mass is 16.6. The van der Waals surface area contributed by atoms with Crippen molar-refractivity contribution in [1.82, 2.24) is 0 Å². The van der Waals surface area contributed by atoms with Crippen LogP contribution in [0.5, 0.6) is 5.75 Å². The number of benzene rings is 1. The number of hydrogen-bond donors (Lipinski definition) is 4. The Morgan fingerprint density at radius 1 is 1.04 bits per heavy atom. The van der Waals surface area contributed by atoms with Gasteiger partial charge in [0.15, 0.2) is 6.29 Å². The monoisotopic (exact) mass is 342 g/mol. The van der Waals surface area contributed by atoms with Gasteiger partial charge in [0, 0.05) is 0 Å². The number of rotatable bonds is 10. The van der Waals surface area contributed by atoms with E-state index >= 15 is 0 Å². The van der Waals surface area contributed by atoms with E-state index in [2.05, 4.69) is 6.92 Å². The van der Waals surface area contributed by atoms with Crippen molar-refractivity contribution >= 4 is 0 Å². The number of aliphatic hydroxyl groups is 4. The van der Waals surface area contributed by atoms with Crippen LogP contribution in [0.3, 0.4) is 0 Å². The van der Waals surface area contributed by atoms with Crippen LogP contribution in [0.15, 0.2) is 30.3 Å². The summed E-state index contributed by atoms with van der Waals surface area (Å²) in [5.74, 6) is 0.692. The number of hydrogen-bond acceptors (Lipinski definition) is 5. The van der Waals surface area contributed by atoms with Gasteiger partial charge in [-0.3, -0.25) is 0 Å². The number of aliphatic hydroxyl groups excluding tert-OH is 3. The third kappa shape index (κ3) is 9.88. The molecule has 0 amide bonds. The van der Waals surface area contributed by atoms with E-state index in [-0.39, 0.29) is 6.61 Å².